The first kappa shape index (κ1) is 19.1. The molecule has 1 heterocycles. The molecular weight excluding hydrogens is 388 g/mol. The molecule has 0 unspecified atom stereocenters. The minimum Gasteiger partial charge on any atom is -0.378 e. The van der Waals surface area contributed by atoms with Crippen molar-refractivity contribution in [2.75, 3.05) is 17.8 Å². The van der Waals surface area contributed by atoms with E-state index in [1.165, 1.54) is 12.1 Å². The molecule has 2 aromatic carbocycles. The van der Waals surface area contributed by atoms with Crippen molar-refractivity contribution in [2.45, 2.75) is 16.3 Å². The standard InChI is InChI=1S/C18H18N2O5S2/c1-26(21,22)15-8-9-16(18(11-15)27(2,23)24)19-12-14-10-17(25-20-14)13-6-4-3-5-7-13/h3-11,19H,12H2,1-2H3. The highest BCUT2D eigenvalue weighted by Crippen LogP contribution is 2.26. The van der Waals surface area contributed by atoms with Gasteiger partial charge in [-0.25, -0.2) is 16.8 Å². The second-order valence-corrected chi connectivity index (χ2v) is 10.1. The van der Waals surface area contributed by atoms with Gasteiger partial charge in [-0.05, 0) is 18.2 Å². The molecule has 0 saturated carbocycles. The van der Waals surface area contributed by atoms with Gasteiger partial charge in [0.1, 0.15) is 5.69 Å². The van der Waals surface area contributed by atoms with Gasteiger partial charge in [0.05, 0.1) is 22.0 Å². The van der Waals surface area contributed by atoms with Crippen LogP contribution in [0.25, 0.3) is 11.3 Å². The molecule has 3 rings (SSSR count). The molecule has 0 bridgehead atoms. The quantitative estimate of drug-likeness (QED) is 0.671. The summed E-state index contributed by atoms with van der Waals surface area (Å²) in [6, 6.07) is 15.2. The average molecular weight is 406 g/mol. The third-order valence-corrected chi connectivity index (χ3v) is 6.10. The van der Waals surface area contributed by atoms with Crippen molar-refractivity contribution in [3.8, 4) is 11.3 Å². The van der Waals surface area contributed by atoms with Crippen molar-refractivity contribution < 1.29 is 21.4 Å². The molecule has 142 valence electrons. The Balaban J connectivity index is 1.85. The number of rotatable bonds is 6. The zero-order valence-electron chi connectivity index (χ0n) is 14.7. The fourth-order valence-corrected chi connectivity index (χ4v) is 4.11. The molecule has 3 aromatic rings. The van der Waals surface area contributed by atoms with Crippen molar-refractivity contribution in [1.29, 1.82) is 0 Å². The van der Waals surface area contributed by atoms with E-state index in [-0.39, 0.29) is 16.3 Å². The molecule has 0 radical (unpaired) electrons. The summed E-state index contributed by atoms with van der Waals surface area (Å²) < 4.78 is 52.8. The third kappa shape index (κ3) is 4.55. The van der Waals surface area contributed by atoms with Gasteiger partial charge in [0.15, 0.2) is 25.4 Å². The van der Waals surface area contributed by atoms with E-state index < -0.39 is 19.7 Å². The highest BCUT2D eigenvalue weighted by atomic mass is 32.2. The summed E-state index contributed by atoms with van der Waals surface area (Å²) in [5.74, 6) is 0.600. The van der Waals surface area contributed by atoms with Crippen LogP contribution in [-0.4, -0.2) is 34.5 Å². The van der Waals surface area contributed by atoms with Crippen LogP contribution in [0.2, 0.25) is 0 Å². The monoisotopic (exact) mass is 406 g/mol. The molecule has 0 saturated heterocycles. The molecule has 0 aliphatic heterocycles. The van der Waals surface area contributed by atoms with Gasteiger partial charge in [0, 0.05) is 24.1 Å². The lowest BCUT2D eigenvalue weighted by atomic mass is 10.1. The van der Waals surface area contributed by atoms with Crippen LogP contribution in [0, 0.1) is 0 Å². The van der Waals surface area contributed by atoms with E-state index in [0.717, 1.165) is 24.1 Å². The Hall–Kier alpha value is -2.65. The first-order valence-electron chi connectivity index (χ1n) is 7.93. The van der Waals surface area contributed by atoms with Gasteiger partial charge in [-0.1, -0.05) is 35.5 Å². The van der Waals surface area contributed by atoms with Crippen molar-refractivity contribution in [3.05, 3.63) is 60.3 Å². The summed E-state index contributed by atoms with van der Waals surface area (Å²) in [6.07, 6.45) is 2.06. The predicted molar refractivity (Wildman–Crippen MR) is 102 cm³/mol. The Kier molecular flexibility index (Phi) is 5.07. The number of aromatic nitrogens is 1. The molecule has 27 heavy (non-hydrogen) atoms. The maximum atomic E-state index is 12.1. The van der Waals surface area contributed by atoms with E-state index in [9.17, 15) is 16.8 Å². The van der Waals surface area contributed by atoms with Crippen molar-refractivity contribution >= 4 is 25.4 Å². The van der Waals surface area contributed by atoms with Crippen LogP contribution in [0.15, 0.2) is 68.9 Å². The van der Waals surface area contributed by atoms with Crippen LogP contribution in [0.1, 0.15) is 5.69 Å². The topological polar surface area (TPSA) is 106 Å². The molecular formula is C18H18N2O5S2. The number of nitrogens with one attached hydrogen (secondary N) is 1. The molecule has 0 spiro atoms. The molecule has 0 fully saturated rings. The van der Waals surface area contributed by atoms with Gasteiger partial charge in [-0.15, -0.1) is 0 Å². The minimum atomic E-state index is -3.63. The Labute approximate surface area is 157 Å². The second-order valence-electron chi connectivity index (χ2n) is 6.10. The maximum absolute atomic E-state index is 12.1. The van der Waals surface area contributed by atoms with E-state index in [1.54, 1.807) is 6.07 Å². The highest BCUT2D eigenvalue weighted by Gasteiger charge is 2.18. The largest absolute Gasteiger partial charge is 0.378 e. The van der Waals surface area contributed by atoms with Crippen molar-refractivity contribution in [1.82, 2.24) is 5.16 Å². The number of nitrogens with zero attached hydrogens (tertiary/aromatic N) is 1. The molecule has 1 N–H and O–H groups in total. The number of sulfone groups is 2. The van der Waals surface area contributed by atoms with Gasteiger partial charge in [0.25, 0.3) is 0 Å². The van der Waals surface area contributed by atoms with E-state index in [0.29, 0.717) is 17.1 Å². The van der Waals surface area contributed by atoms with Gasteiger partial charge in [-0.2, -0.15) is 0 Å². The van der Waals surface area contributed by atoms with Crippen LogP contribution in [0.3, 0.4) is 0 Å². The van der Waals surface area contributed by atoms with Crippen LogP contribution >= 0.6 is 0 Å². The lowest BCUT2D eigenvalue weighted by molar-refractivity contribution is 0.424. The summed E-state index contributed by atoms with van der Waals surface area (Å²) >= 11 is 0. The SMILES string of the molecule is CS(=O)(=O)c1ccc(NCc2cc(-c3ccccc3)on2)c(S(C)(=O)=O)c1. The van der Waals surface area contributed by atoms with E-state index in [2.05, 4.69) is 10.5 Å². The van der Waals surface area contributed by atoms with E-state index in [4.69, 9.17) is 4.52 Å². The molecule has 1 aromatic heterocycles. The lowest BCUT2D eigenvalue weighted by Crippen LogP contribution is -2.08. The first-order chi connectivity index (χ1) is 12.6. The summed E-state index contributed by atoms with van der Waals surface area (Å²) in [4.78, 5) is -0.140. The maximum Gasteiger partial charge on any atom is 0.177 e. The number of benzene rings is 2. The normalized spacial score (nSPS) is 12.1. The first-order valence-corrected chi connectivity index (χ1v) is 11.7. The number of hydrogen-bond donors (Lipinski definition) is 1. The molecule has 9 heteroatoms. The second kappa shape index (κ2) is 7.16. The third-order valence-electron chi connectivity index (χ3n) is 3.86. The fraction of sp³-hybridized carbons (Fsp3) is 0.167. The zero-order valence-corrected chi connectivity index (χ0v) is 16.3. The van der Waals surface area contributed by atoms with Gasteiger partial charge >= 0.3 is 0 Å². The fourth-order valence-electron chi connectivity index (χ4n) is 2.51. The summed E-state index contributed by atoms with van der Waals surface area (Å²) in [7, 11) is -7.15. The predicted octanol–water partition coefficient (Wildman–Crippen LogP) is 2.76. The molecule has 0 amide bonds. The minimum absolute atomic E-state index is 0.0544. The molecule has 7 nitrogen and oxygen atoms in total. The van der Waals surface area contributed by atoms with E-state index >= 15 is 0 Å². The highest BCUT2D eigenvalue weighted by molar-refractivity contribution is 7.91. The van der Waals surface area contributed by atoms with Crippen molar-refractivity contribution in [2.24, 2.45) is 0 Å². The lowest BCUT2D eigenvalue weighted by Gasteiger charge is -2.11. The molecule has 0 atom stereocenters. The van der Waals surface area contributed by atoms with Crippen LogP contribution in [0.5, 0.6) is 0 Å². The Morgan fingerprint density at radius 1 is 0.926 bits per heavy atom. The van der Waals surface area contributed by atoms with Crippen LogP contribution < -0.4 is 5.32 Å². The smallest absolute Gasteiger partial charge is 0.177 e. The van der Waals surface area contributed by atoms with Gasteiger partial charge in [-0.3, -0.25) is 0 Å². The molecule has 0 aliphatic rings. The van der Waals surface area contributed by atoms with Crippen molar-refractivity contribution in [3.63, 3.8) is 0 Å². The van der Waals surface area contributed by atoms with E-state index in [1.807, 2.05) is 30.3 Å². The van der Waals surface area contributed by atoms with Crippen LogP contribution in [0.4, 0.5) is 5.69 Å². The summed E-state index contributed by atoms with van der Waals surface area (Å²) in [5.41, 5.74) is 1.76. The Bertz CT molecular complexity index is 1170. The Morgan fingerprint density at radius 2 is 1.63 bits per heavy atom. The average Bonchev–Trinajstić information content (AvgIpc) is 3.08. The van der Waals surface area contributed by atoms with Crippen LogP contribution in [-0.2, 0) is 26.2 Å². The number of anilines is 1. The van der Waals surface area contributed by atoms with Gasteiger partial charge < -0.3 is 9.84 Å². The summed E-state index contributed by atoms with van der Waals surface area (Å²) in [6.45, 7) is 0.219. The molecule has 0 aliphatic carbocycles. The Morgan fingerprint density at radius 3 is 2.26 bits per heavy atom. The zero-order chi connectivity index (χ0) is 19.7. The number of hydrogen-bond acceptors (Lipinski definition) is 7. The van der Waals surface area contributed by atoms with Gasteiger partial charge in [0.2, 0.25) is 0 Å². The summed E-state index contributed by atoms with van der Waals surface area (Å²) in [5, 5.41) is 6.96.